The molecule has 0 aromatic heterocycles. The SMILES string of the molecule is O=C(CCC1CCOCC1)NC(c1ccccc1)c1ccccc1. The van der Waals surface area contributed by atoms with Crippen LogP contribution in [0.25, 0.3) is 0 Å². The number of carbonyl (C=O) groups excluding carboxylic acids is 1. The summed E-state index contributed by atoms with van der Waals surface area (Å²) in [5, 5.41) is 3.22. The molecule has 0 aliphatic carbocycles. The van der Waals surface area contributed by atoms with E-state index in [1.165, 1.54) is 0 Å². The van der Waals surface area contributed by atoms with Gasteiger partial charge in [0.2, 0.25) is 5.91 Å². The lowest BCUT2D eigenvalue weighted by Gasteiger charge is -2.23. The van der Waals surface area contributed by atoms with Gasteiger partial charge in [-0.3, -0.25) is 4.79 Å². The summed E-state index contributed by atoms with van der Waals surface area (Å²) in [7, 11) is 0. The van der Waals surface area contributed by atoms with Crippen LogP contribution in [0.15, 0.2) is 60.7 Å². The molecule has 0 unspecified atom stereocenters. The van der Waals surface area contributed by atoms with Gasteiger partial charge in [-0.25, -0.2) is 0 Å². The summed E-state index contributed by atoms with van der Waals surface area (Å²) in [5.74, 6) is 0.746. The Labute approximate surface area is 144 Å². The largest absolute Gasteiger partial charge is 0.381 e. The van der Waals surface area contributed by atoms with Gasteiger partial charge in [0.05, 0.1) is 6.04 Å². The minimum Gasteiger partial charge on any atom is -0.381 e. The number of nitrogens with one attached hydrogen (secondary N) is 1. The van der Waals surface area contributed by atoms with Gasteiger partial charge in [-0.05, 0) is 36.3 Å². The number of benzene rings is 2. The molecule has 3 rings (SSSR count). The number of hydrogen-bond acceptors (Lipinski definition) is 2. The van der Waals surface area contributed by atoms with Crippen molar-refractivity contribution < 1.29 is 9.53 Å². The first-order valence-electron chi connectivity index (χ1n) is 8.80. The van der Waals surface area contributed by atoms with Gasteiger partial charge in [0.15, 0.2) is 0 Å². The maximum absolute atomic E-state index is 12.5. The molecule has 24 heavy (non-hydrogen) atoms. The zero-order valence-corrected chi connectivity index (χ0v) is 14.0. The van der Waals surface area contributed by atoms with Crippen LogP contribution in [-0.4, -0.2) is 19.1 Å². The lowest BCUT2D eigenvalue weighted by Crippen LogP contribution is -2.30. The number of rotatable bonds is 6. The predicted octanol–water partition coefficient (Wildman–Crippen LogP) is 4.10. The molecule has 1 aliphatic heterocycles. The summed E-state index contributed by atoms with van der Waals surface area (Å²) in [4.78, 5) is 12.5. The van der Waals surface area contributed by atoms with Crippen LogP contribution in [0, 0.1) is 5.92 Å². The van der Waals surface area contributed by atoms with Crippen molar-refractivity contribution in [2.75, 3.05) is 13.2 Å². The van der Waals surface area contributed by atoms with Crippen molar-refractivity contribution in [1.82, 2.24) is 5.32 Å². The molecule has 0 radical (unpaired) electrons. The molecular weight excluding hydrogens is 298 g/mol. The van der Waals surface area contributed by atoms with Crippen LogP contribution < -0.4 is 5.32 Å². The molecule has 0 atom stereocenters. The number of ether oxygens (including phenoxy) is 1. The number of carbonyl (C=O) groups is 1. The van der Waals surface area contributed by atoms with Crippen molar-refractivity contribution in [2.24, 2.45) is 5.92 Å². The second-order valence-electron chi connectivity index (χ2n) is 6.42. The van der Waals surface area contributed by atoms with E-state index in [9.17, 15) is 4.79 Å². The van der Waals surface area contributed by atoms with Crippen LogP contribution in [0.1, 0.15) is 42.9 Å². The van der Waals surface area contributed by atoms with Crippen LogP contribution >= 0.6 is 0 Å². The Morgan fingerprint density at radius 1 is 0.958 bits per heavy atom. The maximum Gasteiger partial charge on any atom is 0.220 e. The monoisotopic (exact) mass is 323 g/mol. The van der Waals surface area contributed by atoms with Crippen molar-refractivity contribution in [3.8, 4) is 0 Å². The molecule has 1 saturated heterocycles. The molecular formula is C21H25NO2. The minimum absolute atomic E-state index is 0.0883. The van der Waals surface area contributed by atoms with Gasteiger partial charge in [0.1, 0.15) is 0 Å². The van der Waals surface area contributed by atoms with Gasteiger partial charge in [0, 0.05) is 19.6 Å². The average Bonchev–Trinajstić information content (AvgIpc) is 2.67. The molecule has 2 aromatic rings. The normalized spacial score (nSPS) is 15.4. The van der Waals surface area contributed by atoms with E-state index in [4.69, 9.17) is 4.74 Å². The van der Waals surface area contributed by atoms with Crippen LogP contribution in [-0.2, 0) is 9.53 Å². The predicted molar refractivity (Wildman–Crippen MR) is 95.6 cm³/mol. The Morgan fingerprint density at radius 3 is 2.04 bits per heavy atom. The van der Waals surface area contributed by atoms with Crippen LogP contribution in [0.5, 0.6) is 0 Å². The Bertz CT molecular complexity index is 581. The fraction of sp³-hybridized carbons (Fsp3) is 0.381. The highest BCUT2D eigenvalue weighted by Crippen LogP contribution is 2.23. The minimum atomic E-state index is -0.0883. The Kier molecular flexibility index (Phi) is 6.02. The van der Waals surface area contributed by atoms with E-state index in [2.05, 4.69) is 29.6 Å². The Balaban J connectivity index is 1.64. The van der Waals surface area contributed by atoms with Crippen molar-refractivity contribution in [2.45, 2.75) is 31.7 Å². The molecule has 126 valence electrons. The molecule has 1 heterocycles. The third kappa shape index (κ3) is 4.68. The first-order valence-corrected chi connectivity index (χ1v) is 8.80. The van der Waals surface area contributed by atoms with Crippen LogP contribution in [0.4, 0.5) is 0 Å². The van der Waals surface area contributed by atoms with Crippen LogP contribution in [0.3, 0.4) is 0 Å². The maximum atomic E-state index is 12.5. The third-order valence-corrected chi connectivity index (χ3v) is 4.69. The summed E-state index contributed by atoms with van der Waals surface area (Å²) in [6, 6.07) is 20.2. The van der Waals surface area contributed by atoms with E-state index in [0.717, 1.165) is 43.6 Å². The highest BCUT2D eigenvalue weighted by atomic mass is 16.5. The number of amides is 1. The molecule has 3 nitrogen and oxygen atoms in total. The van der Waals surface area contributed by atoms with Gasteiger partial charge < -0.3 is 10.1 Å². The van der Waals surface area contributed by atoms with E-state index < -0.39 is 0 Å². The zero-order chi connectivity index (χ0) is 16.6. The first kappa shape index (κ1) is 16.7. The van der Waals surface area contributed by atoms with Crippen molar-refractivity contribution >= 4 is 5.91 Å². The second kappa shape index (κ2) is 8.65. The Morgan fingerprint density at radius 2 is 1.50 bits per heavy atom. The summed E-state index contributed by atoms with van der Waals surface area (Å²) in [5.41, 5.74) is 2.23. The van der Waals surface area contributed by atoms with Crippen molar-refractivity contribution in [3.63, 3.8) is 0 Å². The lowest BCUT2D eigenvalue weighted by atomic mass is 9.94. The molecule has 2 aromatic carbocycles. The quantitative estimate of drug-likeness (QED) is 0.869. The highest BCUT2D eigenvalue weighted by Gasteiger charge is 2.19. The molecule has 1 fully saturated rings. The van der Waals surface area contributed by atoms with Gasteiger partial charge in [0.25, 0.3) is 0 Å². The van der Waals surface area contributed by atoms with Crippen LogP contribution in [0.2, 0.25) is 0 Å². The molecule has 3 heteroatoms. The van der Waals surface area contributed by atoms with Gasteiger partial charge in [-0.1, -0.05) is 60.7 Å². The first-order chi connectivity index (χ1) is 11.8. The third-order valence-electron chi connectivity index (χ3n) is 4.69. The molecule has 0 saturated carbocycles. The number of hydrogen-bond donors (Lipinski definition) is 1. The summed E-state index contributed by atoms with van der Waals surface area (Å²) >= 11 is 0. The summed E-state index contributed by atoms with van der Waals surface area (Å²) in [6.45, 7) is 1.67. The Hall–Kier alpha value is -2.13. The molecule has 1 amide bonds. The fourth-order valence-electron chi connectivity index (χ4n) is 3.25. The highest BCUT2D eigenvalue weighted by molar-refractivity contribution is 5.77. The fourth-order valence-corrected chi connectivity index (χ4v) is 3.25. The molecule has 1 N–H and O–H groups in total. The average molecular weight is 323 g/mol. The van der Waals surface area contributed by atoms with Crippen molar-refractivity contribution in [1.29, 1.82) is 0 Å². The summed E-state index contributed by atoms with van der Waals surface area (Å²) in [6.07, 6.45) is 3.69. The molecule has 0 bridgehead atoms. The lowest BCUT2D eigenvalue weighted by molar-refractivity contribution is -0.122. The van der Waals surface area contributed by atoms with Crippen molar-refractivity contribution in [3.05, 3.63) is 71.8 Å². The molecule has 1 aliphatic rings. The zero-order valence-electron chi connectivity index (χ0n) is 14.0. The molecule has 0 spiro atoms. The van der Waals surface area contributed by atoms with E-state index in [1.54, 1.807) is 0 Å². The van der Waals surface area contributed by atoms with E-state index in [1.807, 2.05) is 36.4 Å². The van der Waals surface area contributed by atoms with Gasteiger partial charge in [-0.15, -0.1) is 0 Å². The second-order valence-corrected chi connectivity index (χ2v) is 6.42. The van der Waals surface area contributed by atoms with Gasteiger partial charge >= 0.3 is 0 Å². The van der Waals surface area contributed by atoms with Gasteiger partial charge in [-0.2, -0.15) is 0 Å². The standard InChI is InChI=1S/C21H25NO2/c23-20(12-11-17-13-15-24-16-14-17)22-21(18-7-3-1-4-8-18)19-9-5-2-6-10-19/h1-10,17,21H,11-16H2,(H,22,23). The van der Waals surface area contributed by atoms with E-state index in [0.29, 0.717) is 12.3 Å². The van der Waals surface area contributed by atoms with E-state index >= 15 is 0 Å². The summed E-state index contributed by atoms with van der Waals surface area (Å²) < 4.78 is 5.39. The topological polar surface area (TPSA) is 38.3 Å². The smallest absolute Gasteiger partial charge is 0.220 e. The van der Waals surface area contributed by atoms with E-state index in [-0.39, 0.29) is 11.9 Å².